The van der Waals surface area contributed by atoms with Gasteiger partial charge in [0.1, 0.15) is 10.6 Å². The molecule has 0 aliphatic carbocycles. The Labute approximate surface area is 160 Å². The van der Waals surface area contributed by atoms with Crippen LogP contribution in [0.2, 0.25) is 0 Å². The van der Waals surface area contributed by atoms with E-state index in [4.69, 9.17) is 0 Å². The first-order valence-electron chi connectivity index (χ1n) is 8.45. The zero-order valence-electron chi connectivity index (χ0n) is 14.3. The average molecular weight is 373 g/mol. The zero-order chi connectivity index (χ0) is 18.5. The molecule has 0 atom stereocenters. The first kappa shape index (κ1) is 16.9. The number of nitrogens with one attached hydrogen (secondary N) is 3. The van der Waals surface area contributed by atoms with E-state index >= 15 is 0 Å². The minimum Gasteiger partial charge on any atom is -0.332 e. The lowest BCUT2D eigenvalue weighted by Gasteiger charge is -2.03. The number of carbonyl (C=O) groups excluding carboxylic acids is 1. The third-order valence-corrected chi connectivity index (χ3v) is 4.84. The fourth-order valence-corrected chi connectivity index (χ4v) is 3.53. The van der Waals surface area contributed by atoms with Gasteiger partial charge >= 0.3 is 0 Å². The number of amides is 1. The molecule has 27 heavy (non-hydrogen) atoms. The predicted octanol–water partition coefficient (Wildman–Crippen LogP) is 4.62. The van der Waals surface area contributed by atoms with Gasteiger partial charge in [0.25, 0.3) is 5.91 Å². The summed E-state index contributed by atoms with van der Waals surface area (Å²) in [6, 6.07) is 23.2. The molecule has 5 nitrogen and oxygen atoms in total. The van der Waals surface area contributed by atoms with E-state index in [1.165, 1.54) is 11.3 Å². The summed E-state index contributed by atoms with van der Waals surface area (Å²) < 4.78 is 0. The molecule has 0 spiro atoms. The molecular formula is C21H17N4OS+. The van der Waals surface area contributed by atoms with Crippen LogP contribution in [0.3, 0.4) is 0 Å². The Hall–Kier alpha value is -3.51. The van der Waals surface area contributed by atoms with Crippen molar-refractivity contribution in [3.8, 4) is 11.3 Å². The van der Waals surface area contributed by atoms with Crippen molar-refractivity contribution in [2.45, 2.75) is 0 Å². The highest BCUT2D eigenvalue weighted by Gasteiger charge is 2.20. The maximum absolute atomic E-state index is 12.9. The molecule has 3 N–H and O–H groups in total. The molecule has 2 aromatic carbocycles. The van der Waals surface area contributed by atoms with E-state index in [2.05, 4.69) is 20.6 Å². The van der Waals surface area contributed by atoms with Crippen LogP contribution in [0.1, 0.15) is 9.67 Å². The maximum atomic E-state index is 12.9. The van der Waals surface area contributed by atoms with Crippen LogP contribution in [0.15, 0.2) is 85.2 Å². The number of para-hydroxylation sites is 1. The van der Waals surface area contributed by atoms with Crippen molar-refractivity contribution in [3.05, 3.63) is 90.1 Å². The van der Waals surface area contributed by atoms with Gasteiger partial charge in [-0.2, -0.15) is 0 Å². The topological polar surface area (TPSA) is 68.2 Å². The number of thiazole rings is 1. The van der Waals surface area contributed by atoms with Crippen LogP contribution >= 0.6 is 11.3 Å². The van der Waals surface area contributed by atoms with Crippen molar-refractivity contribution in [2.24, 2.45) is 0 Å². The average Bonchev–Trinajstić information content (AvgIpc) is 3.14. The molecule has 0 unspecified atom stereocenters. The quantitative estimate of drug-likeness (QED) is 0.536. The molecule has 0 saturated carbocycles. The normalized spacial score (nSPS) is 10.4. The molecule has 4 rings (SSSR count). The summed E-state index contributed by atoms with van der Waals surface area (Å²) in [5, 5.41) is 6.86. The second kappa shape index (κ2) is 7.80. The lowest BCUT2D eigenvalue weighted by atomic mass is 10.1. The largest absolute Gasteiger partial charge is 0.332 e. The fourth-order valence-electron chi connectivity index (χ4n) is 2.62. The number of hydrogen-bond donors (Lipinski definition) is 2. The van der Waals surface area contributed by atoms with Gasteiger partial charge in [0.05, 0.1) is 5.69 Å². The van der Waals surface area contributed by atoms with Gasteiger partial charge in [0, 0.05) is 17.3 Å². The van der Waals surface area contributed by atoms with Crippen LogP contribution in [0, 0.1) is 0 Å². The molecule has 1 amide bonds. The molecule has 2 heterocycles. The van der Waals surface area contributed by atoms with Gasteiger partial charge in [-0.25, -0.2) is 9.97 Å². The molecule has 0 aliphatic rings. The fraction of sp³-hybridized carbons (Fsp3) is 0. The van der Waals surface area contributed by atoms with E-state index in [1.54, 1.807) is 12.4 Å². The lowest BCUT2D eigenvalue weighted by molar-refractivity contribution is -0.377. The standard InChI is InChI=1S/C21H16N4OS/c26-20(23-17-12-7-13-22-14-17)19-18(15-8-3-1-4-9-15)25-21(27-19)24-16-10-5-2-6-11-16/h1-14H,(H,23,26)(H,24,25)/p+1. The minimum absolute atomic E-state index is 0.188. The van der Waals surface area contributed by atoms with Crippen LogP contribution in [0.5, 0.6) is 0 Å². The van der Waals surface area contributed by atoms with Crippen LogP contribution in [-0.2, 0) is 0 Å². The Morgan fingerprint density at radius 3 is 2.30 bits per heavy atom. The van der Waals surface area contributed by atoms with Gasteiger partial charge in [-0.3, -0.25) is 4.79 Å². The van der Waals surface area contributed by atoms with Gasteiger partial charge in [0.15, 0.2) is 17.5 Å². The molecule has 0 fully saturated rings. The Morgan fingerprint density at radius 2 is 1.59 bits per heavy atom. The lowest BCUT2D eigenvalue weighted by Crippen LogP contribution is -2.13. The van der Waals surface area contributed by atoms with Crippen molar-refractivity contribution < 1.29 is 9.78 Å². The van der Waals surface area contributed by atoms with Gasteiger partial charge < -0.3 is 10.6 Å². The van der Waals surface area contributed by atoms with Gasteiger partial charge in [0.2, 0.25) is 0 Å². The number of aromatic amines is 1. The highest BCUT2D eigenvalue weighted by atomic mass is 32.1. The summed E-state index contributed by atoms with van der Waals surface area (Å²) in [5.41, 5.74) is 3.19. The summed E-state index contributed by atoms with van der Waals surface area (Å²) in [6.45, 7) is 0. The van der Waals surface area contributed by atoms with E-state index in [9.17, 15) is 4.79 Å². The number of H-pyrrole nitrogens is 1. The number of benzene rings is 2. The molecule has 0 bridgehead atoms. The summed E-state index contributed by atoms with van der Waals surface area (Å²) >= 11 is 1.33. The van der Waals surface area contributed by atoms with Gasteiger partial charge in [-0.15, -0.1) is 0 Å². The molecular weight excluding hydrogens is 356 g/mol. The number of carbonyl (C=O) groups is 1. The highest BCUT2D eigenvalue weighted by Crippen LogP contribution is 2.33. The molecule has 0 radical (unpaired) electrons. The number of aromatic nitrogens is 2. The van der Waals surface area contributed by atoms with Crippen molar-refractivity contribution >= 4 is 33.8 Å². The number of anilines is 3. The Kier molecular flexibility index (Phi) is 4.89. The second-order valence-electron chi connectivity index (χ2n) is 5.80. The number of hydrogen-bond acceptors (Lipinski definition) is 4. The molecule has 6 heteroatoms. The Morgan fingerprint density at radius 1 is 0.889 bits per heavy atom. The maximum Gasteiger partial charge on any atom is 0.268 e. The van der Waals surface area contributed by atoms with E-state index in [0.29, 0.717) is 21.4 Å². The zero-order valence-corrected chi connectivity index (χ0v) is 15.2. The first-order chi connectivity index (χ1) is 13.3. The summed E-state index contributed by atoms with van der Waals surface area (Å²) in [7, 11) is 0. The SMILES string of the molecule is O=C(Nc1ccc[nH+]c1)c1sc(Nc2ccccc2)nc1-c1ccccc1. The summed E-state index contributed by atoms with van der Waals surface area (Å²) in [4.78, 5) is 21.1. The van der Waals surface area contributed by atoms with E-state index in [-0.39, 0.29) is 5.91 Å². The van der Waals surface area contributed by atoms with Crippen LogP contribution in [0.25, 0.3) is 11.3 Å². The second-order valence-corrected chi connectivity index (χ2v) is 6.80. The number of pyridine rings is 1. The predicted molar refractivity (Wildman–Crippen MR) is 108 cm³/mol. The van der Waals surface area contributed by atoms with Crippen molar-refractivity contribution in [1.29, 1.82) is 0 Å². The Bertz CT molecular complexity index is 1030. The van der Waals surface area contributed by atoms with Gasteiger partial charge in [-0.1, -0.05) is 59.9 Å². The third-order valence-electron chi connectivity index (χ3n) is 3.87. The highest BCUT2D eigenvalue weighted by molar-refractivity contribution is 7.18. The third kappa shape index (κ3) is 4.02. The number of rotatable bonds is 5. The van der Waals surface area contributed by atoms with Crippen molar-refractivity contribution in [3.63, 3.8) is 0 Å². The monoisotopic (exact) mass is 373 g/mol. The molecule has 4 aromatic rings. The van der Waals surface area contributed by atoms with Crippen molar-refractivity contribution in [2.75, 3.05) is 10.6 Å². The molecule has 0 aliphatic heterocycles. The Balaban J connectivity index is 1.69. The van der Waals surface area contributed by atoms with E-state index in [0.717, 1.165) is 11.3 Å². The minimum atomic E-state index is -0.188. The smallest absolute Gasteiger partial charge is 0.268 e. The summed E-state index contributed by atoms with van der Waals surface area (Å²) in [5.74, 6) is -0.188. The van der Waals surface area contributed by atoms with E-state index < -0.39 is 0 Å². The number of nitrogens with zero attached hydrogens (tertiary/aromatic N) is 1. The molecule has 0 saturated heterocycles. The van der Waals surface area contributed by atoms with Crippen LogP contribution < -0.4 is 15.6 Å². The molecule has 132 valence electrons. The van der Waals surface area contributed by atoms with Crippen molar-refractivity contribution in [1.82, 2.24) is 4.98 Å². The first-order valence-corrected chi connectivity index (χ1v) is 9.27. The van der Waals surface area contributed by atoms with E-state index in [1.807, 2.05) is 72.8 Å². The molecule has 2 aromatic heterocycles. The summed E-state index contributed by atoms with van der Waals surface area (Å²) in [6.07, 6.45) is 3.53. The van der Waals surface area contributed by atoms with Crippen LogP contribution in [-0.4, -0.2) is 10.9 Å². The van der Waals surface area contributed by atoms with Crippen LogP contribution in [0.4, 0.5) is 16.5 Å². The van der Waals surface area contributed by atoms with Gasteiger partial charge in [-0.05, 0) is 18.2 Å².